The molecule has 0 aliphatic carbocycles. The molecule has 0 amide bonds. The Morgan fingerprint density at radius 1 is 1.44 bits per heavy atom. The van der Waals surface area contributed by atoms with Crippen LogP contribution in [-0.4, -0.2) is 19.5 Å². The molecule has 1 heterocycles. The van der Waals surface area contributed by atoms with Gasteiger partial charge in [-0.2, -0.15) is 0 Å². The lowest BCUT2D eigenvalue weighted by atomic mass is 10.1. The fourth-order valence-electron chi connectivity index (χ4n) is 1.84. The highest BCUT2D eigenvalue weighted by Gasteiger charge is 2.12. The molecule has 1 aliphatic heterocycles. The van der Waals surface area contributed by atoms with Crippen molar-refractivity contribution in [3.8, 4) is 11.8 Å². The lowest BCUT2D eigenvalue weighted by Gasteiger charge is -2.21. The minimum absolute atomic E-state index is 0.0755. The van der Waals surface area contributed by atoms with Crippen molar-refractivity contribution >= 4 is 11.6 Å². The molecule has 1 atom stereocenters. The van der Waals surface area contributed by atoms with E-state index in [2.05, 4.69) is 11.8 Å². The molecule has 2 nitrogen and oxygen atoms in total. The summed E-state index contributed by atoms with van der Waals surface area (Å²) in [6, 6.07) is 5.72. The zero-order valence-electron chi connectivity index (χ0n) is 10.5. The SMILES string of the molecule is Cc1ccc(Cl)cc1C#CCOC1CCCCO1. The van der Waals surface area contributed by atoms with Crippen LogP contribution in [0.2, 0.25) is 5.02 Å². The van der Waals surface area contributed by atoms with Gasteiger partial charge in [-0.25, -0.2) is 0 Å². The molecule has 0 N–H and O–H groups in total. The second kappa shape index (κ2) is 6.80. The number of halogens is 1. The molecule has 1 aromatic carbocycles. The first-order chi connectivity index (χ1) is 8.75. The predicted molar refractivity (Wildman–Crippen MR) is 72.6 cm³/mol. The smallest absolute Gasteiger partial charge is 0.158 e. The molecule has 1 aliphatic rings. The van der Waals surface area contributed by atoms with Crippen molar-refractivity contribution in [2.75, 3.05) is 13.2 Å². The molecular formula is C15H17ClO2. The maximum atomic E-state index is 5.93. The van der Waals surface area contributed by atoms with Crippen molar-refractivity contribution in [1.29, 1.82) is 0 Å². The van der Waals surface area contributed by atoms with Crippen LogP contribution in [0.15, 0.2) is 18.2 Å². The van der Waals surface area contributed by atoms with Gasteiger partial charge in [-0.05, 0) is 43.9 Å². The Balaban J connectivity index is 1.85. The number of rotatable bonds is 2. The molecule has 1 fully saturated rings. The van der Waals surface area contributed by atoms with Gasteiger partial charge in [0.1, 0.15) is 6.61 Å². The van der Waals surface area contributed by atoms with Gasteiger partial charge in [0.15, 0.2) is 6.29 Å². The van der Waals surface area contributed by atoms with Gasteiger partial charge in [-0.1, -0.05) is 29.5 Å². The molecule has 1 aromatic rings. The Labute approximate surface area is 113 Å². The van der Waals surface area contributed by atoms with E-state index in [-0.39, 0.29) is 6.29 Å². The zero-order valence-corrected chi connectivity index (χ0v) is 11.3. The lowest BCUT2D eigenvalue weighted by molar-refractivity contribution is -0.154. The third-order valence-corrected chi connectivity index (χ3v) is 3.14. The first kappa shape index (κ1) is 13.4. The van der Waals surface area contributed by atoms with E-state index in [1.54, 1.807) is 0 Å². The van der Waals surface area contributed by atoms with E-state index in [9.17, 15) is 0 Å². The van der Waals surface area contributed by atoms with Gasteiger partial charge in [-0.3, -0.25) is 0 Å². The molecule has 18 heavy (non-hydrogen) atoms. The Hall–Kier alpha value is -1.01. The van der Waals surface area contributed by atoms with Crippen molar-refractivity contribution in [3.05, 3.63) is 34.3 Å². The summed E-state index contributed by atoms with van der Waals surface area (Å²) in [7, 11) is 0. The van der Waals surface area contributed by atoms with Crippen LogP contribution in [0.25, 0.3) is 0 Å². The standard InChI is InChI=1S/C15H17ClO2/c1-12-7-8-14(16)11-13(12)5-4-10-18-15-6-2-3-9-17-15/h7-8,11,15H,2-3,6,9-10H2,1H3. The van der Waals surface area contributed by atoms with Crippen molar-refractivity contribution < 1.29 is 9.47 Å². The summed E-state index contributed by atoms with van der Waals surface area (Å²) >= 11 is 5.93. The van der Waals surface area contributed by atoms with Crippen LogP contribution in [0, 0.1) is 18.8 Å². The zero-order chi connectivity index (χ0) is 12.8. The summed E-state index contributed by atoms with van der Waals surface area (Å²) in [5.74, 6) is 6.08. The van der Waals surface area contributed by atoms with Crippen molar-refractivity contribution in [1.82, 2.24) is 0 Å². The topological polar surface area (TPSA) is 18.5 Å². The second-order valence-electron chi connectivity index (χ2n) is 4.37. The number of aryl methyl sites for hydroxylation is 1. The molecule has 1 saturated heterocycles. The van der Waals surface area contributed by atoms with E-state index in [0.717, 1.165) is 30.6 Å². The maximum Gasteiger partial charge on any atom is 0.158 e. The van der Waals surface area contributed by atoms with Gasteiger partial charge in [0.25, 0.3) is 0 Å². The fourth-order valence-corrected chi connectivity index (χ4v) is 2.01. The predicted octanol–water partition coefficient (Wildman–Crippen LogP) is 3.54. The van der Waals surface area contributed by atoms with Crippen LogP contribution in [0.5, 0.6) is 0 Å². The Morgan fingerprint density at radius 3 is 3.11 bits per heavy atom. The van der Waals surface area contributed by atoms with Gasteiger partial charge >= 0.3 is 0 Å². The molecule has 0 bridgehead atoms. The van der Waals surface area contributed by atoms with Gasteiger partial charge in [0.05, 0.1) is 0 Å². The van der Waals surface area contributed by atoms with Crippen LogP contribution in [0.1, 0.15) is 30.4 Å². The molecule has 0 radical (unpaired) electrons. The molecular weight excluding hydrogens is 248 g/mol. The summed E-state index contributed by atoms with van der Waals surface area (Å²) in [4.78, 5) is 0. The third kappa shape index (κ3) is 4.03. The Bertz CT molecular complexity index is 453. The minimum atomic E-state index is -0.0755. The summed E-state index contributed by atoms with van der Waals surface area (Å²) in [6.45, 7) is 3.22. The van der Waals surface area contributed by atoms with E-state index < -0.39 is 0 Å². The highest BCUT2D eigenvalue weighted by molar-refractivity contribution is 6.30. The van der Waals surface area contributed by atoms with Crippen molar-refractivity contribution in [3.63, 3.8) is 0 Å². The first-order valence-corrected chi connectivity index (χ1v) is 6.62. The average molecular weight is 265 g/mol. The largest absolute Gasteiger partial charge is 0.353 e. The molecule has 0 aromatic heterocycles. The fraction of sp³-hybridized carbons (Fsp3) is 0.467. The monoisotopic (exact) mass is 264 g/mol. The van der Waals surface area contributed by atoms with Gasteiger partial charge in [0, 0.05) is 17.2 Å². The van der Waals surface area contributed by atoms with Crippen LogP contribution >= 0.6 is 11.6 Å². The molecule has 3 heteroatoms. The lowest BCUT2D eigenvalue weighted by Crippen LogP contribution is -2.22. The molecule has 0 spiro atoms. The summed E-state index contributed by atoms with van der Waals surface area (Å²) < 4.78 is 11.0. The van der Waals surface area contributed by atoms with E-state index in [1.165, 1.54) is 6.42 Å². The van der Waals surface area contributed by atoms with E-state index in [1.807, 2.05) is 25.1 Å². The molecule has 1 unspecified atom stereocenters. The molecule has 96 valence electrons. The highest BCUT2D eigenvalue weighted by Crippen LogP contribution is 2.15. The van der Waals surface area contributed by atoms with E-state index in [4.69, 9.17) is 21.1 Å². The van der Waals surface area contributed by atoms with E-state index >= 15 is 0 Å². The van der Waals surface area contributed by atoms with Crippen molar-refractivity contribution in [2.45, 2.75) is 32.5 Å². The summed E-state index contributed by atoms with van der Waals surface area (Å²) in [5, 5.41) is 0.710. The summed E-state index contributed by atoms with van der Waals surface area (Å²) in [5.41, 5.74) is 2.08. The van der Waals surface area contributed by atoms with Crippen LogP contribution in [-0.2, 0) is 9.47 Å². The van der Waals surface area contributed by atoms with Crippen LogP contribution in [0.3, 0.4) is 0 Å². The van der Waals surface area contributed by atoms with Gasteiger partial charge in [-0.15, -0.1) is 0 Å². The Morgan fingerprint density at radius 2 is 2.33 bits per heavy atom. The quantitative estimate of drug-likeness (QED) is 0.761. The molecule has 0 saturated carbocycles. The number of ether oxygens (including phenoxy) is 2. The second-order valence-corrected chi connectivity index (χ2v) is 4.80. The first-order valence-electron chi connectivity index (χ1n) is 6.24. The molecule has 2 rings (SSSR count). The highest BCUT2D eigenvalue weighted by atomic mass is 35.5. The number of benzene rings is 1. The van der Waals surface area contributed by atoms with Crippen molar-refractivity contribution in [2.24, 2.45) is 0 Å². The van der Waals surface area contributed by atoms with Gasteiger partial charge < -0.3 is 9.47 Å². The third-order valence-electron chi connectivity index (χ3n) is 2.90. The average Bonchev–Trinajstić information content (AvgIpc) is 2.40. The van der Waals surface area contributed by atoms with Crippen LogP contribution < -0.4 is 0 Å². The normalized spacial score (nSPS) is 19.1. The number of hydrogen-bond acceptors (Lipinski definition) is 2. The van der Waals surface area contributed by atoms with E-state index in [0.29, 0.717) is 11.6 Å². The minimum Gasteiger partial charge on any atom is -0.353 e. The summed E-state index contributed by atoms with van der Waals surface area (Å²) in [6.07, 6.45) is 3.20. The van der Waals surface area contributed by atoms with Crippen LogP contribution in [0.4, 0.5) is 0 Å². The Kier molecular flexibility index (Phi) is 5.07. The van der Waals surface area contributed by atoms with Gasteiger partial charge in [0.2, 0.25) is 0 Å². The number of hydrogen-bond donors (Lipinski definition) is 0. The maximum absolute atomic E-state index is 5.93.